The fourth-order valence-electron chi connectivity index (χ4n) is 1.61. The molecular weight excluding hydrogens is 282 g/mol. The molecule has 0 bridgehead atoms. The second-order valence-corrected chi connectivity index (χ2v) is 5.88. The van der Waals surface area contributed by atoms with Crippen molar-refractivity contribution in [3.05, 3.63) is 47.0 Å². The SMILES string of the molecule is C=CCNCC(C)NS(=O)(=O)c1ccccc1[N+](=O)[O-]. The monoisotopic (exact) mass is 299 g/mol. The molecule has 1 atom stereocenters. The molecule has 0 aliphatic heterocycles. The highest BCUT2D eigenvalue weighted by Gasteiger charge is 2.26. The first-order valence-corrected chi connectivity index (χ1v) is 7.44. The van der Waals surface area contributed by atoms with Crippen LogP contribution in [-0.2, 0) is 10.0 Å². The van der Waals surface area contributed by atoms with Crippen molar-refractivity contribution in [1.82, 2.24) is 10.0 Å². The van der Waals surface area contributed by atoms with E-state index < -0.39 is 26.7 Å². The lowest BCUT2D eigenvalue weighted by Gasteiger charge is -2.14. The van der Waals surface area contributed by atoms with Gasteiger partial charge < -0.3 is 5.32 Å². The summed E-state index contributed by atoms with van der Waals surface area (Å²) in [4.78, 5) is 9.81. The molecule has 0 amide bonds. The van der Waals surface area contributed by atoms with E-state index in [9.17, 15) is 18.5 Å². The lowest BCUT2D eigenvalue weighted by atomic mass is 10.3. The number of hydrogen-bond donors (Lipinski definition) is 2. The van der Waals surface area contributed by atoms with Crippen LogP contribution < -0.4 is 10.0 Å². The van der Waals surface area contributed by atoms with Gasteiger partial charge in [0.05, 0.1) is 4.92 Å². The van der Waals surface area contributed by atoms with Crippen LogP contribution in [0.15, 0.2) is 41.8 Å². The summed E-state index contributed by atoms with van der Waals surface area (Å²) in [7, 11) is -3.93. The van der Waals surface area contributed by atoms with E-state index in [1.807, 2.05) is 0 Å². The molecule has 20 heavy (non-hydrogen) atoms. The summed E-state index contributed by atoms with van der Waals surface area (Å²) >= 11 is 0. The normalized spacial score (nSPS) is 12.8. The van der Waals surface area contributed by atoms with Crippen LogP contribution in [0, 0.1) is 10.1 Å². The predicted molar refractivity (Wildman–Crippen MR) is 75.9 cm³/mol. The highest BCUT2D eigenvalue weighted by molar-refractivity contribution is 7.89. The van der Waals surface area contributed by atoms with Crippen molar-refractivity contribution in [2.24, 2.45) is 0 Å². The minimum Gasteiger partial charge on any atom is -0.312 e. The molecule has 0 aromatic heterocycles. The molecule has 0 radical (unpaired) electrons. The summed E-state index contributed by atoms with van der Waals surface area (Å²) in [5.41, 5.74) is -0.439. The summed E-state index contributed by atoms with van der Waals surface area (Å²) in [5.74, 6) is 0. The maximum absolute atomic E-state index is 12.1. The van der Waals surface area contributed by atoms with E-state index in [0.717, 1.165) is 6.07 Å². The number of hydrogen-bond acceptors (Lipinski definition) is 5. The second-order valence-electron chi connectivity index (χ2n) is 4.19. The first-order chi connectivity index (χ1) is 9.38. The first-order valence-electron chi connectivity index (χ1n) is 5.96. The highest BCUT2D eigenvalue weighted by atomic mass is 32.2. The van der Waals surface area contributed by atoms with Crippen molar-refractivity contribution < 1.29 is 13.3 Å². The van der Waals surface area contributed by atoms with Gasteiger partial charge in [-0.1, -0.05) is 18.2 Å². The zero-order valence-corrected chi connectivity index (χ0v) is 11.9. The first kappa shape index (κ1) is 16.3. The summed E-state index contributed by atoms with van der Waals surface area (Å²) in [6.07, 6.45) is 1.66. The molecular formula is C12H17N3O4S. The van der Waals surface area contributed by atoms with E-state index in [1.54, 1.807) is 13.0 Å². The average Bonchev–Trinajstić information content (AvgIpc) is 2.38. The Morgan fingerprint density at radius 2 is 2.10 bits per heavy atom. The number of benzene rings is 1. The Morgan fingerprint density at radius 1 is 1.45 bits per heavy atom. The van der Waals surface area contributed by atoms with E-state index in [1.165, 1.54) is 18.2 Å². The summed E-state index contributed by atoms with van der Waals surface area (Å²) in [6.45, 7) is 6.15. The number of nitrogens with one attached hydrogen (secondary N) is 2. The molecule has 0 aliphatic carbocycles. The Bertz CT molecular complexity index is 586. The minimum absolute atomic E-state index is 0.333. The van der Waals surface area contributed by atoms with Crippen molar-refractivity contribution in [2.45, 2.75) is 17.9 Å². The number of para-hydroxylation sites is 1. The Hall–Kier alpha value is -1.77. The maximum Gasteiger partial charge on any atom is 0.289 e. The van der Waals surface area contributed by atoms with Gasteiger partial charge in [0.2, 0.25) is 10.0 Å². The molecule has 1 unspecified atom stereocenters. The van der Waals surface area contributed by atoms with Crippen molar-refractivity contribution in [1.29, 1.82) is 0 Å². The minimum atomic E-state index is -3.93. The van der Waals surface area contributed by atoms with Gasteiger partial charge in [0.25, 0.3) is 5.69 Å². The van der Waals surface area contributed by atoms with Crippen LogP contribution in [-0.4, -0.2) is 32.5 Å². The fraction of sp³-hybridized carbons (Fsp3) is 0.333. The topological polar surface area (TPSA) is 101 Å². The molecule has 110 valence electrons. The average molecular weight is 299 g/mol. The summed E-state index contributed by atoms with van der Waals surface area (Å²) in [5, 5.41) is 13.8. The smallest absolute Gasteiger partial charge is 0.289 e. The van der Waals surface area contributed by atoms with Gasteiger partial charge in [-0.2, -0.15) is 0 Å². The summed E-state index contributed by atoms with van der Waals surface area (Å²) in [6, 6.07) is 4.84. The standard InChI is InChI=1S/C12H17N3O4S/c1-3-8-13-9-10(2)14-20(18,19)12-7-5-4-6-11(12)15(16)17/h3-7,10,13-14H,1,8-9H2,2H3. The van der Waals surface area contributed by atoms with Crippen molar-refractivity contribution >= 4 is 15.7 Å². The largest absolute Gasteiger partial charge is 0.312 e. The molecule has 1 aromatic carbocycles. The number of rotatable bonds is 8. The predicted octanol–water partition coefficient (Wildman–Crippen LogP) is 1.04. The van der Waals surface area contributed by atoms with Crippen molar-refractivity contribution in [3.8, 4) is 0 Å². The van der Waals surface area contributed by atoms with E-state index in [4.69, 9.17) is 0 Å². The number of sulfonamides is 1. The van der Waals surface area contributed by atoms with Crippen LogP contribution in [0.2, 0.25) is 0 Å². The van der Waals surface area contributed by atoms with Gasteiger partial charge in [0.15, 0.2) is 4.90 Å². The van der Waals surface area contributed by atoms with Gasteiger partial charge in [-0.15, -0.1) is 6.58 Å². The number of nitro groups is 1. The van der Waals surface area contributed by atoms with Crippen LogP contribution in [0.25, 0.3) is 0 Å². The van der Waals surface area contributed by atoms with E-state index in [0.29, 0.717) is 13.1 Å². The molecule has 8 heteroatoms. The zero-order valence-electron chi connectivity index (χ0n) is 11.1. The molecule has 0 spiro atoms. The lowest BCUT2D eigenvalue weighted by molar-refractivity contribution is -0.387. The van der Waals surface area contributed by atoms with Crippen molar-refractivity contribution in [3.63, 3.8) is 0 Å². The molecule has 7 nitrogen and oxygen atoms in total. The van der Waals surface area contributed by atoms with Crippen LogP contribution in [0.5, 0.6) is 0 Å². The third-order valence-electron chi connectivity index (χ3n) is 2.45. The second kappa shape index (κ2) is 7.13. The molecule has 0 fully saturated rings. The molecule has 1 rings (SSSR count). The summed E-state index contributed by atoms with van der Waals surface area (Å²) < 4.78 is 26.7. The van der Waals surface area contributed by atoms with Gasteiger partial charge in [0.1, 0.15) is 0 Å². The van der Waals surface area contributed by atoms with Crippen molar-refractivity contribution in [2.75, 3.05) is 13.1 Å². The molecule has 0 saturated heterocycles. The van der Waals surface area contributed by atoms with Crippen LogP contribution in [0.3, 0.4) is 0 Å². The van der Waals surface area contributed by atoms with Gasteiger partial charge in [0, 0.05) is 25.2 Å². The number of nitro benzene ring substituents is 1. The van der Waals surface area contributed by atoms with Gasteiger partial charge in [-0.25, -0.2) is 13.1 Å². The molecule has 0 heterocycles. The Balaban J connectivity index is 2.89. The third kappa shape index (κ3) is 4.41. The van der Waals surface area contributed by atoms with Crippen LogP contribution in [0.1, 0.15) is 6.92 Å². The molecule has 0 aliphatic rings. The molecule has 2 N–H and O–H groups in total. The Labute approximate surface area is 117 Å². The van der Waals surface area contributed by atoms with Crippen LogP contribution >= 0.6 is 0 Å². The highest BCUT2D eigenvalue weighted by Crippen LogP contribution is 2.22. The maximum atomic E-state index is 12.1. The van der Waals surface area contributed by atoms with Gasteiger partial charge in [-0.3, -0.25) is 10.1 Å². The quantitative estimate of drug-likeness (QED) is 0.323. The van der Waals surface area contributed by atoms with Gasteiger partial charge in [-0.05, 0) is 13.0 Å². The van der Waals surface area contributed by atoms with Gasteiger partial charge >= 0.3 is 0 Å². The fourth-order valence-corrected chi connectivity index (χ4v) is 3.02. The van der Waals surface area contributed by atoms with E-state index in [2.05, 4.69) is 16.6 Å². The van der Waals surface area contributed by atoms with E-state index in [-0.39, 0.29) is 4.90 Å². The number of nitrogens with zero attached hydrogens (tertiary/aromatic N) is 1. The molecule has 0 saturated carbocycles. The lowest BCUT2D eigenvalue weighted by Crippen LogP contribution is -2.40. The Kier molecular flexibility index (Phi) is 5.81. The van der Waals surface area contributed by atoms with E-state index >= 15 is 0 Å². The zero-order chi connectivity index (χ0) is 15.2. The Morgan fingerprint density at radius 3 is 2.70 bits per heavy atom. The third-order valence-corrected chi connectivity index (χ3v) is 4.08. The van der Waals surface area contributed by atoms with Crippen LogP contribution in [0.4, 0.5) is 5.69 Å². The molecule has 1 aromatic rings.